The summed E-state index contributed by atoms with van der Waals surface area (Å²) in [7, 11) is 0. The SMILES string of the molecule is CC1(C(N)=S)CCN(C(=O)CC2CC3CCC2C3)CC1. The Bertz CT molecular complexity index is 415. The Labute approximate surface area is 127 Å². The predicted molar refractivity (Wildman–Crippen MR) is 84.3 cm³/mol. The van der Waals surface area contributed by atoms with E-state index in [0.29, 0.717) is 16.8 Å². The van der Waals surface area contributed by atoms with Crippen molar-refractivity contribution >= 4 is 23.1 Å². The van der Waals surface area contributed by atoms with Crippen molar-refractivity contribution < 1.29 is 4.79 Å². The summed E-state index contributed by atoms with van der Waals surface area (Å²) in [4.78, 5) is 15.1. The quantitative estimate of drug-likeness (QED) is 0.814. The third kappa shape index (κ3) is 2.59. The summed E-state index contributed by atoms with van der Waals surface area (Å²) in [5.74, 6) is 2.81. The third-order valence-corrected chi connectivity index (χ3v) is 6.63. The van der Waals surface area contributed by atoms with Crippen LogP contribution in [0, 0.1) is 23.2 Å². The zero-order chi connectivity index (χ0) is 14.3. The van der Waals surface area contributed by atoms with Gasteiger partial charge in [0, 0.05) is 24.9 Å². The standard InChI is InChI=1S/C16H26N2OS/c1-16(15(17)20)4-6-18(7-5-16)14(19)10-13-9-11-2-3-12(13)8-11/h11-13H,2-10H2,1H3,(H2,17,20). The molecule has 112 valence electrons. The molecule has 1 saturated heterocycles. The smallest absolute Gasteiger partial charge is 0.222 e. The van der Waals surface area contributed by atoms with Crippen LogP contribution in [0.1, 0.15) is 51.9 Å². The first-order chi connectivity index (χ1) is 9.48. The van der Waals surface area contributed by atoms with Gasteiger partial charge in [-0.1, -0.05) is 25.6 Å². The van der Waals surface area contributed by atoms with Crippen LogP contribution in [-0.2, 0) is 4.79 Å². The molecule has 0 aromatic rings. The average molecular weight is 294 g/mol. The van der Waals surface area contributed by atoms with E-state index in [1.165, 1.54) is 25.7 Å². The van der Waals surface area contributed by atoms with E-state index in [1.54, 1.807) is 0 Å². The van der Waals surface area contributed by atoms with Crippen LogP contribution < -0.4 is 5.73 Å². The minimum absolute atomic E-state index is 0.0431. The Hall–Kier alpha value is -0.640. The summed E-state index contributed by atoms with van der Waals surface area (Å²) in [5.41, 5.74) is 5.78. The molecule has 3 nitrogen and oxygen atoms in total. The largest absolute Gasteiger partial charge is 0.393 e. The van der Waals surface area contributed by atoms with Gasteiger partial charge in [0.05, 0.1) is 4.99 Å². The fraction of sp³-hybridized carbons (Fsp3) is 0.875. The molecule has 20 heavy (non-hydrogen) atoms. The highest BCUT2D eigenvalue weighted by Gasteiger charge is 2.41. The van der Waals surface area contributed by atoms with Crippen LogP contribution in [0.4, 0.5) is 0 Å². The number of carbonyl (C=O) groups excluding carboxylic acids is 1. The number of nitrogens with zero attached hydrogens (tertiary/aromatic N) is 1. The lowest BCUT2D eigenvalue weighted by molar-refractivity contribution is -0.134. The van der Waals surface area contributed by atoms with Crippen LogP contribution >= 0.6 is 12.2 Å². The topological polar surface area (TPSA) is 46.3 Å². The number of hydrogen-bond acceptors (Lipinski definition) is 2. The molecule has 2 aliphatic carbocycles. The summed E-state index contributed by atoms with van der Waals surface area (Å²) >= 11 is 5.16. The molecule has 3 rings (SSSR count). The van der Waals surface area contributed by atoms with Crippen molar-refractivity contribution in [3.05, 3.63) is 0 Å². The van der Waals surface area contributed by atoms with E-state index >= 15 is 0 Å². The molecule has 4 heteroatoms. The Morgan fingerprint density at radius 3 is 2.50 bits per heavy atom. The maximum absolute atomic E-state index is 12.5. The van der Waals surface area contributed by atoms with Crippen molar-refractivity contribution in [2.75, 3.05) is 13.1 Å². The van der Waals surface area contributed by atoms with Crippen LogP contribution in [0.25, 0.3) is 0 Å². The molecule has 2 bridgehead atoms. The molecule has 2 saturated carbocycles. The molecule has 1 amide bonds. The number of fused-ring (bicyclic) bond motifs is 2. The molecular formula is C16H26N2OS. The molecule has 2 N–H and O–H groups in total. The number of piperidine rings is 1. The zero-order valence-electron chi connectivity index (χ0n) is 12.4. The lowest BCUT2D eigenvalue weighted by Gasteiger charge is -2.39. The lowest BCUT2D eigenvalue weighted by atomic mass is 9.80. The molecule has 1 heterocycles. The highest BCUT2D eigenvalue weighted by atomic mass is 32.1. The molecule has 0 spiro atoms. The maximum atomic E-state index is 12.5. The van der Waals surface area contributed by atoms with Crippen molar-refractivity contribution in [3.8, 4) is 0 Å². The van der Waals surface area contributed by atoms with Gasteiger partial charge in [-0.05, 0) is 49.9 Å². The summed E-state index contributed by atoms with van der Waals surface area (Å²) in [6, 6.07) is 0. The van der Waals surface area contributed by atoms with Crippen LogP contribution in [0.15, 0.2) is 0 Å². The van der Waals surface area contributed by atoms with Crippen molar-refractivity contribution in [1.29, 1.82) is 0 Å². The fourth-order valence-corrected chi connectivity index (χ4v) is 4.68. The Kier molecular flexibility index (Phi) is 3.78. The van der Waals surface area contributed by atoms with E-state index < -0.39 is 0 Å². The Balaban J connectivity index is 1.51. The third-order valence-electron chi connectivity index (χ3n) is 6.14. The Morgan fingerprint density at radius 2 is 2.00 bits per heavy atom. The summed E-state index contributed by atoms with van der Waals surface area (Å²) in [6.07, 6.45) is 8.08. The van der Waals surface area contributed by atoms with Crippen molar-refractivity contribution in [2.45, 2.75) is 51.9 Å². The number of carbonyl (C=O) groups is 1. The number of hydrogen-bond donors (Lipinski definition) is 1. The molecule has 0 aromatic heterocycles. The predicted octanol–water partition coefficient (Wildman–Crippen LogP) is 2.73. The van der Waals surface area contributed by atoms with Crippen LogP contribution in [0.3, 0.4) is 0 Å². The molecule has 0 aromatic carbocycles. The monoisotopic (exact) mass is 294 g/mol. The van der Waals surface area contributed by atoms with E-state index in [1.807, 2.05) is 4.90 Å². The van der Waals surface area contributed by atoms with Crippen LogP contribution in [0.2, 0.25) is 0 Å². The van der Waals surface area contributed by atoms with Gasteiger partial charge < -0.3 is 10.6 Å². The van der Waals surface area contributed by atoms with Crippen molar-refractivity contribution in [3.63, 3.8) is 0 Å². The van der Waals surface area contributed by atoms with Crippen molar-refractivity contribution in [2.24, 2.45) is 28.9 Å². The van der Waals surface area contributed by atoms with Gasteiger partial charge in [0.2, 0.25) is 5.91 Å². The first-order valence-electron chi connectivity index (χ1n) is 8.05. The summed E-state index contributed by atoms with van der Waals surface area (Å²) in [6.45, 7) is 3.79. The highest BCUT2D eigenvalue weighted by Crippen LogP contribution is 2.49. The molecule has 3 aliphatic rings. The number of rotatable bonds is 3. The second kappa shape index (κ2) is 5.28. The minimum atomic E-state index is -0.0431. The average Bonchev–Trinajstić information content (AvgIpc) is 3.01. The summed E-state index contributed by atoms with van der Waals surface area (Å²) < 4.78 is 0. The van der Waals surface area contributed by atoms with Crippen LogP contribution in [-0.4, -0.2) is 28.9 Å². The molecule has 3 unspecified atom stereocenters. The Morgan fingerprint density at radius 1 is 1.30 bits per heavy atom. The van der Waals surface area contributed by atoms with Crippen molar-refractivity contribution in [1.82, 2.24) is 4.90 Å². The van der Waals surface area contributed by atoms with E-state index in [0.717, 1.165) is 44.2 Å². The van der Waals surface area contributed by atoms with Gasteiger partial charge in [-0.3, -0.25) is 4.79 Å². The second-order valence-electron chi connectivity index (χ2n) is 7.44. The number of amides is 1. The molecule has 3 fully saturated rings. The van der Waals surface area contributed by atoms with Gasteiger partial charge in [0.1, 0.15) is 0 Å². The van der Waals surface area contributed by atoms with Gasteiger partial charge in [-0.15, -0.1) is 0 Å². The van der Waals surface area contributed by atoms with E-state index in [4.69, 9.17) is 18.0 Å². The molecular weight excluding hydrogens is 268 g/mol. The van der Waals surface area contributed by atoms with Gasteiger partial charge in [0.15, 0.2) is 0 Å². The number of nitrogens with two attached hydrogens (primary N) is 1. The van der Waals surface area contributed by atoms with Gasteiger partial charge in [0.25, 0.3) is 0 Å². The number of likely N-dealkylation sites (tertiary alicyclic amines) is 1. The first kappa shape index (κ1) is 14.3. The van der Waals surface area contributed by atoms with Gasteiger partial charge in [-0.25, -0.2) is 0 Å². The van der Waals surface area contributed by atoms with E-state index in [2.05, 4.69) is 6.92 Å². The normalized spacial score (nSPS) is 35.2. The number of thiocarbonyl (C=S) groups is 1. The zero-order valence-corrected chi connectivity index (χ0v) is 13.3. The van der Waals surface area contributed by atoms with Gasteiger partial charge in [-0.2, -0.15) is 0 Å². The fourth-order valence-electron chi connectivity index (χ4n) is 4.48. The molecule has 1 aliphatic heterocycles. The van der Waals surface area contributed by atoms with Gasteiger partial charge >= 0.3 is 0 Å². The second-order valence-corrected chi connectivity index (χ2v) is 7.88. The summed E-state index contributed by atoms with van der Waals surface area (Å²) in [5, 5.41) is 0. The van der Waals surface area contributed by atoms with E-state index in [-0.39, 0.29) is 5.41 Å². The molecule has 0 radical (unpaired) electrons. The van der Waals surface area contributed by atoms with E-state index in [9.17, 15) is 4.79 Å². The lowest BCUT2D eigenvalue weighted by Crippen LogP contribution is -2.47. The first-order valence-corrected chi connectivity index (χ1v) is 8.46. The minimum Gasteiger partial charge on any atom is -0.393 e. The van der Waals surface area contributed by atoms with Crippen LogP contribution in [0.5, 0.6) is 0 Å². The highest BCUT2D eigenvalue weighted by molar-refractivity contribution is 7.80. The maximum Gasteiger partial charge on any atom is 0.222 e. The molecule has 3 atom stereocenters.